The minimum atomic E-state index is 0.769. The molecule has 0 spiro atoms. The van der Waals surface area contributed by atoms with Crippen LogP contribution in [0.3, 0.4) is 0 Å². The van der Waals surface area contributed by atoms with Crippen molar-refractivity contribution in [2.45, 2.75) is 77.2 Å². The molecule has 0 aromatic carbocycles. The van der Waals surface area contributed by atoms with Crippen molar-refractivity contribution in [3.8, 4) is 0 Å². The highest BCUT2D eigenvalue weighted by atomic mass is 15.2. The SMILES string of the molecule is CCCC1CCCN(C2CCCCCC2CN)CC1. The normalized spacial score (nSPS) is 34.7. The lowest BCUT2D eigenvalue weighted by atomic mass is 9.93. The minimum absolute atomic E-state index is 0.769. The van der Waals surface area contributed by atoms with Gasteiger partial charge in [0.2, 0.25) is 0 Å². The minimum Gasteiger partial charge on any atom is -0.330 e. The maximum absolute atomic E-state index is 6.06. The summed E-state index contributed by atoms with van der Waals surface area (Å²) in [5, 5.41) is 0. The van der Waals surface area contributed by atoms with E-state index in [2.05, 4.69) is 11.8 Å². The molecule has 3 atom stereocenters. The third kappa shape index (κ3) is 4.46. The molecule has 1 aliphatic heterocycles. The lowest BCUT2D eigenvalue weighted by molar-refractivity contribution is 0.138. The molecule has 1 aliphatic carbocycles. The van der Waals surface area contributed by atoms with Crippen molar-refractivity contribution in [2.75, 3.05) is 19.6 Å². The fourth-order valence-electron chi connectivity index (χ4n) is 4.34. The van der Waals surface area contributed by atoms with Gasteiger partial charge in [0, 0.05) is 6.04 Å². The van der Waals surface area contributed by atoms with Crippen molar-refractivity contribution in [3.05, 3.63) is 0 Å². The standard InChI is InChI=1S/C17H34N2/c1-2-7-15-8-6-12-19(13-11-15)17-10-5-3-4-9-16(17)14-18/h15-17H,2-14,18H2,1H3. The molecule has 1 heterocycles. The highest BCUT2D eigenvalue weighted by Gasteiger charge is 2.29. The quantitative estimate of drug-likeness (QED) is 0.784. The van der Waals surface area contributed by atoms with Gasteiger partial charge in [-0.2, -0.15) is 0 Å². The third-order valence-corrected chi connectivity index (χ3v) is 5.47. The molecule has 0 radical (unpaired) electrons. The van der Waals surface area contributed by atoms with Crippen LogP contribution in [0.1, 0.15) is 71.1 Å². The number of hydrogen-bond donors (Lipinski definition) is 1. The molecule has 3 unspecified atom stereocenters. The Morgan fingerprint density at radius 2 is 1.79 bits per heavy atom. The van der Waals surface area contributed by atoms with Crippen LogP contribution in [0.5, 0.6) is 0 Å². The summed E-state index contributed by atoms with van der Waals surface area (Å²) in [6, 6.07) is 0.799. The molecule has 2 heteroatoms. The zero-order valence-electron chi connectivity index (χ0n) is 12.9. The van der Waals surface area contributed by atoms with Gasteiger partial charge < -0.3 is 10.6 Å². The van der Waals surface area contributed by atoms with Gasteiger partial charge in [0.05, 0.1) is 0 Å². The maximum atomic E-state index is 6.06. The largest absolute Gasteiger partial charge is 0.330 e. The van der Waals surface area contributed by atoms with E-state index in [0.29, 0.717) is 0 Å². The molecule has 1 saturated carbocycles. The van der Waals surface area contributed by atoms with Gasteiger partial charge in [-0.1, -0.05) is 39.0 Å². The summed E-state index contributed by atoms with van der Waals surface area (Å²) < 4.78 is 0. The Balaban J connectivity index is 1.91. The Morgan fingerprint density at radius 3 is 2.58 bits per heavy atom. The van der Waals surface area contributed by atoms with E-state index in [4.69, 9.17) is 5.73 Å². The number of likely N-dealkylation sites (tertiary alicyclic amines) is 1. The van der Waals surface area contributed by atoms with Crippen LogP contribution < -0.4 is 5.73 Å². The highest BCUT2D eigenvalue weighted by molar-refractivity contribution is 4.84. The van der Waals surface area contributed by atoms with Crippen LogP contribution in [0.25, 0.3) is 0 Å². The lowest BCUT2D eigenvalue weighted by Gasteiger charge is -2.35. The molecule has 2 fully saturated rings. The Kier molecular flexibility index (Phi) is 6.66. The first kappa shape index (κ1) is 15.3. The van der Waals surface area contributed by atoms with Crippen molar-refractivity contribution >= 4 is 0 Å². The molecular weight excluding hydrogens is 232 g/mol. The highest BCUT2D eigenvalue weighted by Crippen LogP contribution is 2.30. The molecule has 0 aromatic rings. The predicted molar refractivity (Wildman–Crippen MR) is 83.2 cm³/mol. The van der Waals surface area contributed by atoms with Crippen molar-refractivity contribution in [3.63, 3.8) is 0 Å². The van der Waals surface area contributed by atoms with Crippen LogP contribution in [-0.2, 0) is 0 Å². The van der Waals surface area contributed by atoms with E-state index >= 15 is 0 Å². The summed E-state index contributed by atoms with van der Waals surface area (Å²) in [7, 11) is 0. The van der Waals surface area contributed by atoms with E-state index < -0.39 is 0 Å². The molecule has 0 amide bonds. The summed E-state index contributed by atoms with van der Waals surface area (Å²) in [6.07, 6.45) is 14.2. The molecule has 112 valence electrons. The van der Waals surface area contributed by atoms with Crippen LogP contribution >= 0.6 is 0 Å². The van der Waals surface area contributed by atoms with E-state index in [-0.39, 0.29) is 0 Å². The number of hydrogen-bond acceptors (Lipinski definition) is 2. The van der Waals surface area contributed by atoms with Crippen LogP contribution in [0.15, 0.2) is 0 Å². The fourth-order valence-corrected chi connectivity index (χ4v) is 4.34. The maximum Gasteiger partial charge on any atom is 0.0135 e. The average molecular weight is 266 g/mol. The molecule has 2 rings (SSSR count). The summed E-state index contributed by atoms with van der Waals surface area (Å²) >= 11 is 0. The van der Waals surface area contributed by atoms with Gasteiger partial charge >= 0.3 is 0 Å². The molecular formula is C17H34N2. The van der Waals surface area contributed by atoms with Crippen LogP contribution in [0.4, 0.5) is 0 Å². The van der Waals surface area contributed by atoms with E-state index in [9.17, 15) is 0 Å². The average Bonchev–Trinajstić information content (AvgIpc) is 2.78. The first-order valence-corrected chi connectivity index (χ1v) is 8.79. The molecule has 2 N–H and O–H groups in total. The first-order chi connectivity index (χ1) is 9.35. The Bertz CT molecular complexity index is 241. The summed E-state index contributed by atoms with van der Waals surface area (Å²) in [5.41, 5.74) is 6.06. The second-order valence-corrected chi connectivity index (χ2v) is 6.82. The molecule has 1 saturated heterocycles. The van der Waals surface area contributed by atoms with Crippen LogP contribution in [0, 0.1) is 11.8 Å². The van der Waals surface area contributed by atoms with Gasteiger partial charge in [0.1, 0.15) is 0 Å². The number of nitrogens with zero attached hydrogens (tertiary/aromatic N) is 1. The Hall–Kier alpha value is -0.0800. The molecule has 2 aliphatic rings. The molecule has 19 heavy (non-hydrogen) atoms. The summed E-state index contributed by atoms with van der Waals surface area (Å²) in [5.74, 6) is 1.77. The smallest absolute Gasteiger partial charge is 0.0135 e. The topological polar surface area (TPSA) is 29.3 Å². The van der Waals surface area contributed by atoms with Gasteiger partial charge in [-0.3, -0.25) is 0 Å². The lowest BCUT2D eigenvalue weighted by Crippen LogP contribution is -2.43. The molecule has 0 bridgehead atoms. The summed E-state index contributed by atoms with van der Waals surface area (Å²) in [6.45, 7) is 5.91. The third-order valence-electron chi connectivity index (χ3n) is 5.47. The van der Waals surface area contributed by atoms with Gasteiger partial charge in [0.15, 0.2) is 0 Å². The second kappa shape index (κ2) is 8.26. The first-order valence-electron chi connectivity index (χ1n) is 8.79. The monoisotopic (exact) mass is 266 g/mol. The van der Waals surface area contributed by atoms with Crippen molar-refractivity contribution < 1.29 is 0 Å². The zero-order chi connectivity index (χ0) is 13.5. The van der Waals surface area contributed by atoms with Gasteiger partial charge in [0.25, 0.3) is 0 Å². The van der Waals surface area contributed by atoms with E-state index in [1.54, 1.807) is 0 Å². The van der Waals surface area contributed by atoms with E-state index in [0.717, 1.165) is 24.4 Å². The van der Waals surface area contributed by atoms with Crippen molar-refractivity contribution in [1.82, 2.24) is 4.90 Å². The van der Waals surface area contributed by atoms with E-state index in [1.165, 1.54) is 77.3 Å². The number of rotatable bonds is 4. The van der Waals surface area contributed by atoms with Crippen molar-refractivity contribution in [2.24, 2.45) is 17.6 Å². The van der Waals surface area contributed by atoms with Gasteiger partial charge in [-0.05, 0) is 63.6 Å². The molecule has 0 aromatic heterocycles. The Morgan fingerprint density at radius 1 is 0.947 bits per heavy atom. The second-order valence-electron chi connectivity index (χ2n) is 6.82. The van der Waals surface area contributed by atoms with Gasteiger partial charge in [-0.25, -0.2) is 0 Å². The Labute approximate surface area is 120 Å². The van der Waals surface area contributed by atoms with Crippen LogP contribution in [-0.4, -0.2) is 30.6 Å². The fraction of sp³-hybridized carbons (Fsp3) is 1.00. The zero-order valence-corrected chi connectivity index (χ0v) is 12.9. The summed E-state index contributed by atoms with van der Waals surface area (Å²) in [4.78, 5) is 2.82. The van der Waals surface area contributed by atoms with Gasteiger partial charge in [-0.15, -0.1) is 0 Å². The molecule has 2 nitrogen and oxygen atoms in total. The van der Waals surface area contributed by atoms with E-state index in [1.807, 2.05) is 0 Å². The van der Waals surface area contributed by atoms with Crippen LogP contribution in [0.2, 0.25) is 0 Å². The predicted octanol–water partition coefficient (Wildman–Crippen LogP) is 3.80. The van der Waals surface area contributed by atoms with Crippen molar-refractivity contribution in [1.29, 1.82) is 0 Å². The number of nitrogens with two attached hydrogens (primary N) is 1.